The van der Waals surface area contributed by atoms with Crippen LogP contribution in [0, 0.1) is 11.3 Å². The van der Waals surface area contributed by atoms with Crippen LogP contribution in [0.15, 0.2) is 0 Å². The minimum Gasteiger partial charge on any atom is -0.416 e. The van der Waals surface area contributed by atoms with E-state index >= 15 is 0 Å². The predicted octanol–water partition coefficient (Wildman–Crippen LogP) is 3.55. The van der Waals surface area contributed by atoms with E-state index in [1.807, 2.05) is 0 Å². The molecule has 1 fully saturated rings. The molecule has 1 aliphatic rings. The van der Waals surface area contributed by atoms with Crippen LogP contribution >= 0.6 is 0 Å². The van der Waals surface area contributed by atoms with Crippen LogP contribution in [0.5, 0.6) is 0 Å². The first kappa shape index (κ1) is 20.2. The van der Waals surface area contributed by atoms with E-state index in [4.69, 9.17) is 9.69 Å². The maximum atomic E-state index is 12.2. The number of amides is 1. The first-order chi connectivity index (χ1) is 10.7. The lowest BCUT2D eigenvalue weighted by molar-refractivity contribution is -0.131. The van der Waals surface area contributed by atoms with E-state index in [-0.39, 0.29) is 22.6 Å². The van der Waals surface area contributed by atoms with Crippen LogP contribution in [-0.4, -0.2) is 38.8 Å². The summed E-state index contributed by atoms with van der Waals surface area (Å²) in [6.45, 7) is 11.8. The number of rotatable bonds is 9. The number of likely N-dealkylation sites (tertiary alicyclic amines) is 1. The molecule has 1 rings (SSSR count). The molecule has 1 atom stereocenters. The highest BCUT2D eigenvalue weighted by Crippen LogP contribution is 2.32. The Morgan fingerprint density at radius 3 is 2.48 bits per heavy atom. The molecule has 0 aliphatic carbocycles. The molecule has 4 nitrogen and oxygen atoms in total. The Labute approximate surface area is 144 Å². The zero-order chi connectivity index (χ0) is 17.5. The number of carbonyl (C=O) groups excluding carboxylic acids is 1. The second kappa shape index (κ2) is 8.84. The first-order valence-corrected chi connectivity index (χ1v) is 10.3. The van der Waals surface area contributed by atoms with Crippen molar-refractivity contribution in [1.29, 1.82) is 5.26 Å². The van der Waals surface area contributed by atoms with Crippen molar-refractivity contribution in [2.45, 2.75) is 96.2 Å². The average molecular weight is 339 g/mol. The van der Waals surface area contributed by atoms with Crippen LogP contribution < -0.4 is 0 Å². The van der Waals surface area contributed by atoms with Crippen molar-refractivity contribution < 1.29 is 9.22 Å². The Morgan fingerprint density at radius 1 is 1.22 bits per heavy atom. The van der Waals surface area contributed by atoms with Gasteiger partial charge in [0, 0.05) is 19.4 Å². The first-order valence-electron chi connectivity index (χ1n) is 8.98. The molecule has 1 aliphatic heterocycles. The second-order valence-corrected chi connectivity index (χ2v) is 11.1. The number of hydrogen-bond donors (Lipinski definition) is 0. The van der Waals surface area contributed by atoms with E-state index < -0.39 is 9.76 Å². The van der Waals surface area contributed by atoms with Crippen LogP contribution in [0.4, 0.5) is 0 Å². The van der Waals surface area contributed by atoms with Crippen LogP contribution in [-0.2, 0) is 9.22 Å². The summed E-state index contributed by atoms with van der Waals surface area (Å²) in [5.41, 5.74) is -0.244. The standard InChI is InChI=1S/C18H34N2O2Si/c1-17(2,3)23-22-18(4,5)15-11-12-16(21)20(15)14-10-8-6-7-9-13-19/h15H,6-12,14,23H2,1-5H3/t15-/m1/s1. The highest BCUT2D eigenvalue weighted by Gasteiger charge is 2.41. The molecule has 0 N–H and O–H groups in total. The van der Waals surface area contributed by atoms with Crippen molar-refractivity contribution in [1.82, 2.24) is 4.90 Å². The van der Waals surface area contributed by atoms with Crippen LogP contribution in [0.3, 0.4) is 0 Å². The number of hydrogen-bond acceptors (Lipinski definition) is 3. The number of nitrogens with zero attached hydrogens (tertiary/aromatic N) is 2. The fourth-order valence-corrected chi connectivity index (χ4v) is 4.07. The molecule has 1 heterocycles. The van der Waals surface area contributed by atoms with Gasteiger partial charge in [-0.05, 0) is 38.1 Å². The maximum absolute atomic E-state index is 12.2. The number of unbranched alkanes of at least 4 members (excludes halogenated alkanes) is 4. The number of nitriles is 1. The third-order valence-corrected chi connectivity index (χ3v) is 6.20. The summed E-state index contributed by atoms with van der Waals surface area (Å²) < 4.78 is 6.32. The van der Waals surface area contributed by atoms with Gasteiger partial charge < -0.3 is 9.33 Å². The second-order valence-electron chi connectivity index (χ2n) is 8.42. The van der Waals surface area contributed by atoms with Gasteiger partial charge in [-0.1, -0.05) is 33.6 Å². The lowest BCUT2D eigenvalue weighted by atomic mass is 9.96. The summed E-state index contributed by atoms with van der Waals surface area (Å²) in [6.07, 6.45) is 6.39. The Kier molecular flexibility index (Phi) is 7.76. The normalized spacial score (nSPS) is 19.7. The zero-order valence-corrected chi connectivity index (χ0v) is 17.1. The molecule has 0 aromatic heterocycles. The topological polar surface area (TPSA) is 53.3 Å². The fraction of sp³-hybridized carbons (Fsp3) is 0.889. The van der Waals surface area contributed by atoms with Gasteiger partial charge in [0.15, 0.2) is 9.76 Å². The van der Waals surface area contributed by atoms with E-state index in [1.54, 1.807) is 0 Å². The molecule has 0 saturated carbocycles. The van der Waals surface area contributed by atoms with Gasteiger partial charge in [0.2, 0.25) is 5.91 Å². The highest BCUT2D eigenvalue weighted by atomic mass is 28.2. The summed E-state index contributed by atoms with van der Waals surface area (Å²) in [7, 11) is -0.630. The van der Waals surface area contributed by atoms with Crippen molar-refractivity contribution in [3.8, 4) is 6.07 Å². The number of carbonyl (C=O) groups is 1. The molecule has 0 bridgehead atoms. The Hall–Kier alpha value is -0.863. The summed E-state index contributed by atoms with van der Waals surface area (Å²) in [5, 5.41) is 8.82. The quantitative estimate of drug-likeness (QED) is 0.477. The molecule has 0 aromatic carbocycles. The van der Waals surface area contributed by atoms with Gasteiger partial charge in [-0.25, -0.2) is 0 Å². The smallest absolute Gasteiger partial charge is 0.222 e. The fourth-order valence-electron chi connectivity index (χ4n) is 3.08. The van der Waals surface area contributed by atoms with Gasteiger partial charge in [0.25, 0.3) is 0 Å². The Morgan fingerprint density at radius 2 is 1.87 bits per heavy atom. The van der Waals surface area contributed by atoms with E-state index in [2.05, 4.69) is 45.6 Å². The predicted molar refractivity (Wildman–Crippen MR) is 96.9 cm³/mol. The summed E-state index contributed by atoms with van der Waals surface area (Å²) >= 11 is 0. The molecule has 0 radical (unpaired) electrons. The van der Waals surface area contributed by atoms with Gasteiger partial charge in [-0.15, -0.1) is 0 Å². The lowest BCUT2D eigenvalue weighted by Crippen LogP contribution is -2.50. The van der Waals surface area contributed by atoms with Gasteiger partial charge in [0.05, 0.1) is 17.7 Å². The summed E-state index contributed by atoms with van der Waals surface area (Å²) in [4.78, 5) is 14.3. The van der Waals surface area contributed by atoms with Crippen molar-refractivity contribution in [2.24, 2.45) is 0 Å². The molecule has 132 valence electrons. The van der Waals surface area contributed by atoms with Crippen LogP contribution in [0.25, 0.3) is 0 Å². The molecule has 23 heavy (non-hydrogen) atoms. The van der Waals surface area contributed by atoms with Gasteiger partial charge in [-0.2, -0.15) is 5.26 Å². The molecule has 1 saturated heterocycles. The Balaban J connectivity index is 2.49. The molecule has 0 unspecified atom stereocenters. The molecular formula is C18H34N2O2Si. The average Bonchev–Trinajstić information content (AvgIpc) is 2.82. The third kappa shape index (κ3) is 7.05. The van der Waals surface area contributed by atoms with Gasteiger partial charge >= 0.3 is 0 Å². The molecule has 0 aromatic rings. The van der Waals surface area contributed by atoms with E-state index in [1.165, 1.54) is 0 Å². The highest BCUT2D eigenvalue weighted by molar-refractivity contribution is 6.31. The summed E-state index contributed by atoms with van der Waals surface area (Å²) in [6, 6.07) is 2.39. The van der Waals surface area contributed by atoms with E-state index in [9.17, 15) is 4.79 Å². The third-order valence-electron chi connectivity index (χ3n) is 4.45. The van der Waals surface area contributed by atoms with Crippen LogP contribution in [0.1, 0.15) is 79.6 Å². The Bertz CT molecular complexity index is 424. The molecular weight excluding hydrogens is 304 g/mol. The monoisotopic (exact) mass is 338 g/mol. The van der Waals surface area contributed by atoms with Crippen molar-refractivity contribution in [2.75, 3.05) is 6.54 Å². The van der Waals surface area contributed by atoms with Crippen LogP contribution in [0.2, 0.25) is 5.04 Å². The van der Waals surface area contributed by atoms with E-state index in [0.29, 0.717) is 12.8 Å². The molecule has 1 amide bonds. The van der Waals surface area contributed by atoms with E-state index in [0.717, 1.165) is 38.6 Å². The largest absolute Gasteiger partial charge is 0.416 e. The minimum absolute atomic E-state index is 0.212. The zero-order valence-electron chi connectivity index (χ0n) is 15.7. The minimum atomic E-state index is -0.630. The van der Waals surface area contributed by atoms with Gasteiger partial charge in [-0.3, -0.25) is 4.79 Å². The maximum Gasteiger partial charge on any atom is 0.222 e. The molecule has 0 spiro atoms. The van der Waals surface area contributed by atoms with Crippen molar-refractivity contribution in [3.63, 3.8) is 0 Å². The SMILES string of the molecule is CC(C)(C)[SiH2]OC(C)(C)[C@H]1CCC(=O)N1CCCCCCC#N. The summed E-state index contributed by atoms with van der Waals surface area (Å²) in [5.74, 6) is 0.279. The van der Waals surface area contributed by atoms with Crippen molar-refractivity contribution >= 4 is 15.7 Å². The lowest BCUT2D eigenvalue weighted by Gasteiger charge is -2.39. The molecule has 5 heteroatoms. The van der Waals surface area contributed by atoms with Gasteiger partial charge in [0.1, 0.15) is 0 Å². The van der Waals surface area contributed by atoms with Crippen molar-refractivity contribution in [3.05, 3.63) is 0 Å².